The average molecular weight is 266 g/mol. The molecule has 1 aliphatic heterocycles. The molecule has 7 heteroatoms. The zero-order valence-corrected chi connectivity index (χ0v) is 10.4. The highest BCUT2D eigenvalue weighted by molar-refractivity contribution is 5.70. The number of nitro benzene ring substituents is 1. The first kappa shape index (κ1) is 13.1. The van der Waals surface area contributed by atoms with Crippen molar-refractivity contribution in [1.82, 2.24) is 0 Å². The van der Waals surface area contributed by atoms with Crippen LogP contribution in [0, 0.1) is 16.0 Å². The van der Waals surface area contributed by atoms with Crippen LogP contribution in [-0.2, 0) is 4.79 Å². The van der Waals surface area contributed by atoms with Gasteiger partial charge >= 0.3 is 5.97 Å². The summed E-state index contributed by atoms with van der Waals surface area (Å²) in [6, 6.07) is 4.55. The van der Waals surface area contributed by atoms with E-state index in [0.717, 1.165) is 0 Å². The van der Waals surface area contributed by atoms with Crippen LogP contribution in [0.5, 0.6) is 5.75 Å². The van der Waals surface area contributed by atoms with E-state index in [1.807, 2.05) is 0 Å². The largest absolute Gasteiger partial charge is 0.497 e. The first-order valence-corrected chi connectivity index (χ1v) is 5.80. The van der Waals surface area contributed by atoms with Crippen LogP contribution in [0.2, 0.25) is 0 Å². The van der Waals surface area contributed by atoms with E-state index in [0.29, 0.717) is 24.5 Å². The molecule has 0 unspecified atom stereocenters. The number of carboxylic acids is 1. The minimum absolute atomic E-state index is 0.00887. The second-order valence-electron chi connectivity index (χ2n) is 4.48. The number of rotatable bonds is 5. The highest BCUT2D eigenvalue weighted by atomic mass is 16.6. The molecule has 102 valence electrons. The molecule has 1 aliphatic rings. The normalized spacial score (nSPS) is 14.9. The number of carboxylic acid groups (broad SMARTS) is 1. The van der Waals surface area contributed by atoms with Crippen molar-refractivity contribution in [2.75, 3.05) is 25.1 Å². The molecule has 1 fully saturated rings. The second-order valence-corrected chi connectivity index (χ2v) is 4.48. The van der Waals surface area contributed by atoms with Gasteiger partial charge in [0.15, 0.2) is 0 Å². The lowest BCUT2D eigenvalue weighted by Crippen LogP contribution is -2.47. The van der Waals surface area contributed by atoms with Gasteiger partial charge in [0.05, 0.1) is 18.5 Å². The molecule has 19 heavy (non-hydrogen) atoms. The maximum Gasteiger partial charge on any atom is 0.303 e. The van der Waals surface area contributed by atoms with Crippen molar-refractivity contribution >= 4 is 17.3 Å². The van der Waals surface area contributed by atoms with Crippen LogP contribution in [0.1, 0.15) is 6.42 Å². The molecular weight excluding hydrogens is 252 g/mol. The fourth-order valence-electron chi connectivity index (χ4n) is 2.18. The standard InChI is InChI=1S/C12H14N2O5/c1-19-9-2-3-10(14(17)18)11(5-9)13-6-8(7-13)4-12(15)16/h2-3,5,8H,4,6-7H2,1H3,(H,15,16). The number of nitrogens with zero attached hydrogens (tertiary/aromatic N) is 2. The smallest absolute Gasteiger partial charge is 0.303 e. The van der Waals surface area contributed by atoms with E-state index in [9.17, 15) is 14.9 Å². The van der Waals surface area contributed by atoms with Crippen molar-refractivity contribution in [1.29, 1.82) is 0 Å². The van der Waals surface area contributed by atoms with Crippen molar-refractivity contribution in [3.63, 3.8) is 0 Å². The van der Waals surface area contributed by atoms with Gasteiger partial charge in [-0.05, 0) is 6.07 Å². The summed E-state index contributed by atoms with van der Waals surface area (Å²) in [5.74, 6) is -0.254. The fourth-order valence-corrected chi connectivity index (χ4v) is 2.18. The number of methoxy groups -OCH3 is 1. The Labute approximate surface area is 109 Å². The number of anilines is 1. The summed E-state index contributed by atoms with van der Waals surface area (Å²) in [6.07, 6.45) is 0.0915. The molecule has 7 nitrogen and oxygen atoms in total. The first-order chi connectivity index (χ1) is 9.01. The Morgan fingerprint density at radius 1 is 1.58 bits per heavy atom. The van der Waals surface area contributed by atoms with Crippen molar-refractivity contribution in [2.45, 2.75) is 6.42 Å². The molecule has 1 heterocycles. The van der Waals surface area contributed by atoms with E-state index in [2.05, 4.69) is 0 Å². The molecule has 0 aliphatic carbocycles. The summed E-state index contributed by atoms with van der Waals surface area (Å²) < 4.78 is 5.06. The summed E-state index contributed by atoms with van der Waals surface area (Å²) in [5, 5.41) is 19.7. The fraction of sp³-hybridized carbons (Fsp3) is 0.417. The molecule has 1 N–H and O–H groups in total. The van der Waals surface area contributed by atoms with E-state index >= 15 is 0 Å². The van der Waals surface area contributed by atoms with Crippen LogP contribution in [-0.4, -0.2) is 36.2 Å². The van der Waals surface area contributed by atoms with Crippen molar-refractivity contribution in [3.8, 4) is 5.75 Å². The minimum Gasteiger partial charge on any atom is -0.497 e. The zero-order chi connectivity index (χ0) is 14.0. The van der Waals surface area contributed by atoms with E-state index < -0.39 is 10.9 Å². The lowest BCUT2D eigenvalue weighted by atomic mass is 9.95. The minimum atomic E-state index is -0.843. The van der Waals surface area contributed by atoms with Gasteiger partial charge in [-0.2, -0.15) is 0 Å². The Balaban J connectivity index is 2.16. The summed E-state index contributed by atoms with van der Waals surface area (Å²) >= 11 is 0. The summed E-state index contributed by atoms with van der Waals surface area (Å²) in [4.78, 5) is 22.9. The van der Waals surface area contributed by atoms with Gasteiger partial charge in [-0.1, -0.05) is 0 Å². The van der Waals surface area contributed by atoms with Crippen molar-refractivity contribution < 1.29 is 19.6 Å². The van der Waals surface area contributed by atoms with Gasteiger partial charge in [-0.3, -0.25) is 14.9 Å². The molecule has 0 atom stereocenters. The quantitative estimate of drug-likeness (QED) is 0.641. The molecular formula is C12H14N2O5. The summed E-state index contributed by atoms with van der Waals surface area (Å²) in [6.45, 7) is 1.03. The topological polar surface area (TPSA) is 92.9 Å². The molecule has 1 aromatic carbocycles. The molecule has 1 aromatic rings. The first-order valence-electron chi connectivity index (χ1n) is 5.80. The molecule has 0 radical (unpaired) electrons. The number of benzene rings is 1. The third-order valence-corrected chi connectivity index (χ3v) is 3.14. The monoisotopic (exact) mass is 266 g/mol. The number of hydrogen-bond acceptors (Lipinski definition) is 5. The Hall–Kier alpha value is -2.31. The Bertz CT molecular complexity index is 511. The molecule has 0 saturated carbocycles. The third-order valence-electron chi connectivity index (χ3n) is 3.14. The summed E-state index contributed by atoms with van der Waals surface area (Å²) in [7, 11) is 1.49. The predicted molar refractivity (Wildman–Crippen MR) is 67.6 cm³/mol. The van der Waals surface area contributed by atoms with Crippen LogP contribution in [0.4, 0.5) is 11.4 Å². The Morgan fingerprint density at radius 3 is 2.79 bits per heavy atom. The molecule has 0 amide bonds. The number of ether oxygens (including phenoxy) is 1. The molecule has 1 saturated heterocycles. The average Bonchev–Trinajstić information content (AvgIpc) is 2.32. The maximum atomic E-state index is 11.0. The van der Waals surface area contributed by atoms with Crippen LogP contribution in [0.25, 0.3) is 0 Å². The van der Waals surface area contributed by atoms with E-state index in [-0.39, 0.29) is 18.0 Å². The van der Waals surface area contributed by atoms with Gasteiger partial charge in [0.25, 0.3) is 5.69 Å². The highest BCUT2D eigenvalue weighted by Crippen LogP contribution is 2.36. The predicted octanol–water partition coefficient (Wildman–Crippen LogP) is 1.51. The van der Waals surface area contributed by atoms with Gasteiger partial charge < -0.3 is 14.7 Å². The van der Waals surface area contributed by atoms with Crippen molar-refractivity contribution in [2.24, 2.45) is 5.92 Å². The van der Waals surface area contributed by atoms with Crippen LogP contribution < -0.4 is 9.64 Å². The van der Waals surface area contributed by atoms with Gasteiger partial charge in [0, 0.05) is 31.1 Å². The van der Waals surface area contributed by atoms with Crippen LogP contribution in [0.15, 0.2) is 18.2 Å². The molecule has 2 rings (SSSR count). The SMILES string of the molecule is COc1ccc([N+](=O)[O-])c(N2CC(CC(=O)O)C2)c1. The zero-order valence-electron chi connectivity index (χ0n) is 10.4. The third kappa shape index (κ3) is 2.75. The van der Waals surface area contributed by atoms with Gasteiger partial charge in [-0.25, -0.2) is 0 Å². The molecule has 0 spiro atoms. The van der Waals surface area contributed by atoms with E-state index in [4.69, 9.17) is 9.84 Å². The molecule has 0 aromatic heterocycles. The molecule has 0 bridgehead atoms. The van der Waals surface area contributed by atoms with Crippen LogP contribution in [0.3, 0.4) is 0 Å². The van der Waals surface area contributed by atoms with Crippen molar-refractivity contribution in [3.05, 3.63) is 28.3 Å². The van der Waals surface area contributed by atoms with E-state index in [1.165, 1.54) is 19.2 Å². The van der Waals surface area contributed by atoms with Gasteiger partial charge in [0.1, 0.15) is 11.4 Å². The second kappa shape index (κ2) is 5.13. The summed E-state index contributed by atoms with van der Waals surface area (Å²) in [5.41, 5.74) is 0.487. The highest BCUT2D eigenvalue weighted by Gasteiger charge is 2.32. The van der Waals surface area contributed by atoms with E-state index in [1.54, 1.807) is 11.0 Å². The maximum absolute atomic E-state index is 11.0. The lowest BCUT2D eigenvalue weighted by Gasteiger charge is -2.40. The number of hydrogen-bond donors (Lipinski definition) is 1. The van der Waals surface area contributed by atoms with Gasteiger partial charge in [-0.15, -0.1) is 0 Å². The lowest BCUT2D eigenvalue weighted by molar-refractivity contribution is -0.384. The number of aliphatic carboxylic acids is 1. The Morgan fingerprint density at radius 2 is 2.26 bits per heavy atom. The number of carbonyl (C=O) groups is 1. The van der Waals surface area contributed by atoms with Gasteiger partial charge in [0.2, 0.25) is 0 Å². The van der Waals surface area contributed by atoms with Crippen LogP contribution >= 0.6 is 0 Å². The Kier molecular flexibility index (Phi) is 3.55. The number of nitro groups is 1.